The molecule has 3 rings (SSSR count). The van der Waals surface area contributed by atoms with Gasteiger partial charge in [0.25, 0.3) is 0 Å². The zero-order valence-electron chi connectivity index (χ0n) is 14.0. The number of benzene rings is 2. The first-order valence-corrected chi connectivity index (χ1v) is 9.15. The number of anilines is 2. The van der Waals surface area contributed by atoms with Crippen LogP contribution in [0.3, 0.4) is 0 Å². The van der Waals surface area contributed by atoms with Crippen LogP contribution in [0.25, 0.3) is 0 Å². The lowest BCUT2D eigenvalue weighted by Crippen LogP contribution is -2.28. The number of carbonyl (C=O) groups excluding carboxylic acids is 2. The van der Waals surface area contributed by atoms with Crippen LogP contribution in [0.4, 0.5) is 11.4 Å². The van der Waals surface area contributed by atoms with Crippen LogP contribution in [-0.4, -0.2) is 18.4 Å². The molecule has 0 aromatic heterocycles. The second kappa shape index (κ2) is 7.18. The van der Waals surface area contributed by atoms with Crippen molar-refractivity contribution in [2.45, 2.75) is 20.3 Å². The van der Waals surface area contributed by atoms with Gasteiger partial charge < -0.3 is 10.2 Å². The number of amides is 2. The molecule has 1 atom stereocenters. The van der Waals surface area contributed by atoms with Crippen LogP contribution in [0.1, 0.15) is 17.5 Å². The van der Waals surface area contributed by atoms with Gasteiger partial charge in [0.05, 0.1) is 10.9 Å². The van der Waals surface area contributed by atoms with Gasteiger partial charge in [0.1, 0.15) is 0 Å². The van der Waals surface area contributed by atoms with E-state index in [0.29, 0.717) is 17.3 Å². The molecular formula is C19H18BrClN2O2. The van der Waals surface area contributed by atoms with Gasteiger partial charge >= 0.3 is 0 Å². The fourth-order valence-electron chi connectivity index (χ4n) is 3.06. The van der Waals surface area contributed by atoms with Gasteiger partial charge in [-0.15, -0.1) is 0 Å². The maximum atomic E-state index is 12.5. The molecule has 0 saturated carbocycles. The van der Waals surface area contributed by atoms with Crippen LogP contribution in [-0.2, 0) is 9.59 Å². The molecule has 2 amide bonds. The van der Waals surface area contributed by atoms with E-state index in [2.05, 4.69) is 27.3 Å². The summed E-state index contributed by atoms with van der Waals surface area (Å²) in [5, 5.41) is 3.37. The Morgan fingerprint density at radius 2 is 1.88 bits per heavy atom. The molecule has 0 spiro atoms. The highest BCUT2D eigenvalue weighted by Crippen LogP contribution is 2.29. The summed E-state index contributed by atoms with van der Waals surface area (Å²) >= 11 is 9.37. The van der Waals surface area contributed by atoms with Gasteiger partial charge in [-0.05, 0) is 71.2 Å². The number of nitrogens with zero attached hydrogens (tertiary/aromatic N) is 1. The lowest BCUT2D eigenvalue weighted by molar-refractivity contribution is -0.122. The van der Waals surface area contributed by atoms with E-state index in [9.17, 15) is 9.59 Å². The topological polar surface area (TPSA) is 49.4 Å². The normalized spacial score (nSPS) is 17.0. The summed E-state index contributed by atoms with van der Waals surface area (Å²) in [4.78, 5) is 26.6. The lowest BCUT2D eigenvalue weighted by Gasteiger charge is -2.18. The molecule has 2 aromatic carbocycles. The Balaban J connectivity index is 1.73. The van der Waals surface area contributed by atoms with Crippen molar-refractivity contribution < 1.29 is 9.59 Å². The molecule has 2 aromatic rings. The number of halogens is 2. The largest absolute Gasteiger partial charge is 0.326 e. The molecular weight excluding hydrogens is 404 g/mol. The number of aryl methyl sites for hydroxylation is 2. The maximum Gasteiger partial charge on any atom is 0.229 e. The number of nitrogens with one attached hydrogen (secondary N) is 1. The third-order valence-corrected chi connectivity index (χ3v) is 5.43. The molecule has 1 saturated heterocycles. The van der Waals surface area contributed by atoms with Gasteiger partial charge in [-0.2, -0.15) is 0 Å². The van der Waals surface area contributed by atoms with E-state index in [-0.39, 0.29) is 24.2 Å². The zero-order valence-corrected chi connectivity index (χ0v) is 16.3. The van der Waals surface area contributed by atoms with Crippen molar-refractivity contribution in [1.82, 2.24) is 0 Å². The molecule has 0 radical (unpaired) electrons. The summed E-state index contributed by atoms with van der Waals surface area (Å²) in [5.41, 5.74) is 3.67. The van der Waals surface area contributed by atoms with Crippen LogP contribution in [0.2, 0.25) is 5.02 Å². The van der Waals surface area contributed by atoms with Gasteiger partial charge in [-0.25, -0.2) is 0 Å². The van der Waals surface area contributed by atoms with Crippen molar-refractivity contribution in [2.24, 2.45) is 5.92 Å². The SMILES string of the molecule is Cc1cc(C)cc(N2C[C@H](C(=O)Nc3ccc(Br)c(Cl)c3)CC2=O)c1. The van der Waals surface area contributed by atoms with Crippen molar-refractivity contribution >= 4 is 50.7 Å². The van der Waals surface area contributed by atoms with E-state index in [1.807, 2.05) is 26.0 Å². The van der Waals surface area contributed by atoms with Crippen molar-refractivity contribution in [1.29, 1.82) is 0 Å². The average Bonchev–Trinajstić information content (AvgIpc) is 2.92. The molecule has 25 heavy (non-hydrogen) atoms. The minimum atomic E-state index is -0.379. The molecule has 1 aliphatic heterocycles. The third-order valence-electron chi connectivity index (χ3n) is 4.20. The summed E-state index contributed by atoms with van der Waals surface area (Å²) < 4.78 is 0.768. The first-order chi connectivity index (χ1) is 11.8. The Bertz CT molecular complexity index is 833. The molecule has 1 aliphatic rings. The lowest BCUT2D eigenvalue weighted by atomic mass is 10.1. The van der Waals surface area contributed by atoms with Crippen molar-refractivity contribution in [3.8, 4) is 0 Å². The van der Waals surface area contributed by atoms with Gasteiger partial charge in [-0.1, -0.05) is 17.7 Å². The second-order valence-electron chi connectivity index (χ2n) is 6.37. The molecule has 4 nitrogen and oxygen atoms in total. The summed E-state index contributed by atoms with van der Waals surface area (Å²) in [6.45, 7) is 4.38. The Morgan fingerprint density at radius 3 is 2.52 bits per heavy atom. The molecule has 0 unspecified atom stereocenters. The van der Waals surface area contributed by atoms with E-state index in [1.165, 1.54) is 0 Å². The van der Waals surface area contributed by atoms with Crippen molar-refractivity contribution in [3.05, 3.63) is 57.0 Å². The van der Waals surface area contributed by atoms with Crippen LogP contribution in [0.15, 0.2) is 40.9 Å². The molecule has 130 valence electrons. The molecule has 0 bridgehead atoms. The van der Waals surface area contributed by atoms with Crippen LogP contribution in [0, 0.1) is 19.8 Å². The number of carbonyl (C=O) groups is 2. The van der Waals surface area contributed by atoms with Gasteiger partial charge in [0.2, 0.25) is 11.8 Å². The monoisotopic (exact) mass is 420 g/mol. The van der Waals surface area contributed by atoms with Gasteiger partial charge in [0.15, 0.2) is 0 Å². The minimum Gasteiger partial charge on any atom is -0.326 e. The fourth-order valence-corrected chi connectivity index (χ4v) is 3.48. The molecule has 6 heteroatoms. The Morgan fingerprint density at radius 1 is 1.20 bits per heavy atom. The molecule has 1 N–H and O–H groups in total. The predicted octanol–water partition coefficient (Wildman–Crippen LogP) is 4.71. The Kier molecular flexibility index (Phi) is 5.16. The number of hydrogen-bond acceptors (Lipinski definition) is 2. The van der Waals surface area contributed by atoms with Gasteiger partial charge in [-0.3, -0.25) is 9.59 Å². The van der Waals surface area contributed by atoms with Crippen molar-refractivity contribution in [3.63, 3.8) is 0 Å². The number of rotatable bonds is 3. The quantitative estimate of drug-likeness (QED) is 0.780. The molecule has 0 aliphatic carbocycles. The predicted molar refractivity (Wildman–Crippen MR) is 104 cm³/mol. The van der Waals surface area contributed by atoms with Crippen molar-refractivity contribution in [2.75, 3.05) is 16.8 Å². The third kappa shape index (κ3) is 4.05. The van der Waals surface area contributed by atoms with Crippen LogP contribution < -0.4 is 10.2 Å². The summed E-state index contributed by atoms with van der Waals surface area (Å²) in [6.07, 6.45) is 0.211. The van der Waals surface area contributed by atoms with E-state index in [0.717, 1.165) is 21.3 Å². The number of hydrogen-bond donors (Lipinski definition) is 1. The smallest absolute Gasteiger partial charge is 0.229 e. The average molecular weight is 422 g/mol. The Hall–Kier alpha value is -1.85. The zero-order chi connectivity index (χ0) is 18.1. The highest BCUT2D eigenvalue weighted by atomic mass is 79.9. The Labute approximate surface area is 160 Å². The van der Waals surface area contributed by atoms with E-state index in [4.69, 9.17) is 11.6 Å². The van der Waals surface area contributed by atoms with E-state index in [1.54, 1.807) is 23.1 Å². The van der Waals surface area contributed by atoms with Crippen LogP contribution in [0.5, 0.6) is 0 Å². The fraction of sp³-hybridized carbons (Fsp3) is 0.263. The highest BCUT2D eigenvalue weighted by Gasteiger charge is 2.35. The summed E-state index contributed by atoms with van der Waals surface area (Å²) in [7, 11) is 0. The van der Waals surface area contributed by atoms with Gasteiger partial charge in [0, 0.05) is 28.8 Å². The highest BCUT2D eigenvalue weighted by molar-refractivity contribution is 9.10. The minimum absolute atomic E-state index is 0.0287. The molecule has 1 fully saturated rings. The first-order valence-electron chi connectivity index (χ1n) is 7.98. The molecule has 1 heterocycles. The van der Waals surface area contributed by atoms with E-state index < -0.39 is 0 Å². The van der Waals surface area contributed by atoms with Crippen LogP contribution >= 0.6 is 27.5 Å². The summed E-state index contributed by atoms with van der Waals surface area (Å²) in [6, 6.07) is 11.2. The standard InChI is InChI=1S/C19H18BrClN2O2/c1-11-5-12(2)7-15(6-11)23-10-13(8-18(23)24)19(25)22-14-3-4-16(20)17(21)9-14/h3-7,9,13H,8,10H2,1-2H3,(H,22,25)/t13-/m1/s1. The first kappa shape index (κ1) is 18.0. The maximum absolute atomic E-state index is 12.5. The van der Waals surface area contributed by atoms with E-state index >= 15 is 0 Å². The summed E-state index contributed by atoms with van der Waals surface area (Å²) in [5.74, 6) is -0.576. The second-order valence-corrected chi connectivity index (χ2v) is 7.63.